The van der Waals surface area contributed by atoms with Gasteiger partial charge in [0.15, 0.2) is 0 Å². The highest BCUT2D eigenvalue weighted by Crippen LogP contribution is 2.26. The number of amides is 1. The van der Waals surface area contributed by atoms with Gasteiger partial charge in [-0.3, -0.25) is 4.79 Å². The average molecular weight is 311 g/mol. The van der Waals surface area contributed by atoms with Crippen LogP contribution >= 0.6 is 12.4 Å². The number of nitrogens with one attached hydrogen (secondary N) is 1. The van der Waals surface area contributed by atoms with Crippen LogP contribution in [-0.4, -0.2) is 43.2 Å². The van der Waals surface area contributed by atoms with Crippen molar-refractivity contribution in [1.29, 1.82) is 0 Å². The zero-order valence-corrected chi connectivity index (χ0v) is 13.2. The Bertz CT molecular complexity index is 507. The summed E-state index contributed by atoms with van der Waals surface area (Å²) in [5, 5.41) is 3.39. The Hall–Kier alpha value is -1.26. The van der Waals surface area contributed by atoms with E-state index in [1.54, 1.807) is 0 Å². The van der Waals surface area contributed by atoms with E-state index in [-0.39, 0.29) is 24.4 Å². The molecule has 2 aliphatic rings. The van der Waals surface area contributed by atoms with Gasteiger partial charge in [-0.1, -0.05) is 6.07 Å². The highest BCUT2D eigenvalue weighted by molar-refractivity contribution is 5.97. The molecule has 1 amide bonds. The number of ether oxygens (including phenoxy) is 1. The molecular formula is C16H23ClN2O2. The van der Waals surface area contributed by atoms with E-state index >= 15 is 0 Å². The van der Waals surface area contributed by atoms with Crippen molar-refractivity contribution < 1.29 is 9.53 Å². The molecule has 1 aromatic carbocycles. The fourth-order valence-electron chi connectivity index (χ4n) is 3.06. The lowest BCUT2D eigenvalue weighted by Gasteiger charge is -2.26. The number of fused-ring (bicyclic) bond motifs is 1. The van der Waals surface area contributed by atoms with E-state index in [1.165, 1.54) is 5.56 Å². The first kappa shape index (κ1) is 16.1. The number of anilines is 1. The van der Waals surface area contributed by atoms with Crippen molar-refractivity contribution >= 4 is 24.0 Å². The van der Waals surface area contributed by atoms with E-state index < -0.39 is 0 Å². The maximum absolute atomic E-state index is 12.8. The zero-order valence-electron chi connectivity index (χ0n) is 12.4. The summed E-state index contributed by atoms with van der Waals surface area (Å²) in [6.07, 6.45) is 3.13. The van der Waals surface area contributed by atoms with Gasteiger partial charge in [0.2, 0.25) is 0 Å². The summed E-state index contributed by atoms with van der Waals surface area (Å²) in [5.74, 6) is 0.155. The molecule has 1 aromatic rings. The van der Waals surface area contributed by atoms with Crippen molar-refractivity contribution in [2.24, 2.45) is 0 Å². The summed E-state index contributed by atoms with van der Waals surface area (Å²) in [4.78, 5) is 14.8. The number of nitrogens with zero attached hydrogens (tertiary/aromatic N) is 1. The van der Waals surface area contributed by atoms with Gasteiger partial charge in [0.05, 0.1) is 6.10 Å². The van der Waals surface area contributed by atoms with Crippen LogP contribution in [0.25, 0.3) is 0 Å². The second-order valence-electron chi connectivity index (χ2n) is 5.65. The summed E-state index contributed by atoms with van der Waals surface area (Å²) >= 11 is 0. The monoisotopic (exact) mass is 310 g/mol. The van der Waals surface area contributed by atoms with Crippen molar-refractivity contribution in [2.75, 3.05) is 31.6 Å². The van der Waals surface area contributed by atoms with E-state index in [2.05, 4.69) is 11.4 Å². The summed E-state index contributed by atoms with van der Waals surface area (Å²) in [6, 6.07) is 6.01. The van der Waals surface area contributed by atoms with Crippen molar-refractivity contribution in [3.05, 3.63) is 29.3 Å². The highest BCUT2D eigenvalue weighted by Gasteiger charge is 2.24. The molecule has 1 atom stereocenters. The third kappa shape index (κ3) is 3.50. The molecule has 1 saturated heterocycles. The minimum atomic E-state index is 0. The van der Waals surface area contributed by atoms with Crippen LogP contribution in [0, 0.1) is 0 Å². The number of hydrogen-bond acceptors (Lipinski definition) is 3. The van der Waals surface area contributed by atoms with Gasteiger partial charge in [0.1, 0.15) is 0 Å². The summed E-state index contributed by atoms with van der Waals surface area (Å²) in [6.45, 7) is 5.27. The Balaban J connectivity index is 0.00000161. The molecule has 21 heavy (non-hydrogen) atoms. The molecule has 2 aliphatic heterocycles. The van der Waals surface area contributed by atoms with Gasteiger partial charge in [0, 0.05) is 37.5 Å². The molecule has 0 bridgehead atoms. The van der Waals surface area contributed by atoms with E-state index in [4.69, 9.17) is 4.74 Å². The molecule has 0 spiro atoms. The smallest absolute Gasteiger partial charge is 0.254 e. The normalized spacial score (nSPS) is 21.6. The predicted molar refractivity (Wildman–Crippen MR) is 86.4 cm³/mol. The first-order valence-corrected chi connectivity index (χ1v) is 7.52. The molecule has 0 saturated carbocycles. The second-order valence-corrected chi connectivity index (χ2v) is 5.65. The second kappa shape index (κ2) is 7.14. The summed E-state index contributed by atoms with van der Waals surface area (Å²) in [5.41, 5.74) is 3.17. The molecule has 0 aromatic heterocycles. The Kier molecular flexibility index (Phi) is 5.48. The third-order valence-electron chi connectivity index (χ3n) is 4.06. The van der Waals surface area contributed by atoms with Crippen LogP contribution in [0.4, 0.5) is 5.69 Å². The molecule has 2 heterocycles. The third-order valence-corrected chi connectivity index (χ3v) is 4.06. The van der Waals surface area contributed by atoms with Crippen LogP contribution in [0.3, 0.4) is 0 Å². The first-order chi connectivity index (χ1) is 9.75. The van der Waals surface area contributed by atoms with E-state index in [0.717, 1.165) is 50.2 Å². The maximum atomic E-state index is 12.8. The minimum Gasteiger partial charge on any atom is -0.385 e. The van der Waals surface area contributed by atoms with Crippen LogP contribution in [0.15, 0.2) is 18.2 Å². The minimum absolute atomic E-state index is 0. The molecule has 116 valence electrons. The van der Waals surface area contributed by atoms with Gasteiger partial charge >= 0.3 is 0 Å². The van der Waals surface area contributed by atoms with E-state index in [1.807, 2.05) is 24.0 Å². The topological polar surface area (TPSA) is 41.6 Å². The van der Waals surface area contributed by atoms with Crippen molar-refractivity contribution in [2.45, 2.75) is 32.3 Å². The molecule has 5 heteroatoms. The SMILES string of the molecule is CC1CN(C(=O)c2cccc3c2CCCN3)CCCO1.Cl. The molecule has 3 rings (SSSR count). The molecular weight excluding hydrogens is 288 g/mol. The summed E-state index contributed by atoms with van der Waals surface area (Å²) < 4.78 is 5.63. The van der Waals surface area contributed by atoms with Gasteiger partial charge in [0.25, 0.3) is 5.91 Å². The first-order valence-electron chi connectivity index (χ1n) is 7.52. The number of carbonyl (C=O) groups is 1. The predicted octanol–water partition coefficient (Wildman–Crippen LogP) is 2.72. The fourth-order valence-corrected chi connectivity index (χ4v) is 3.06. The number of rotatable bonds is 1. The Morgan fingerprint density at radius 2 is 2.24 bits per heavy atom. The molecule has 0 radical (unpaired) electrons. The lowest BCUT2D eigenvalue weighted by Crippen LogP contribution is -2.36. The molecule has 4 nitrogen and oxygen atoms in total. The molecule has 1 N–H and O–H groups in total. The lowest BCUT2D eigenvalue weighted by molar-refractivity contribution is 0.0562. The lowest BCUT2D eigenvalue weighted by atomic mass is 9.96. The number of benzene rings is 1. The van der Waals surface area contributed by atoms with Crippen LogP contribution in [0.2, 0.25) is 0 Å². The van der Waals surface area contributed by atoms with Gasteiger partial charge in [-0.05, 0) is 43.9 Å². The maximum Gasteiger partial charge on any atom is 0.254 e. The zero-order chi connectivity index (χ0) is 13.9. The Morgan fingerprint density at radius 3 is 3.10 bits per heavy atom. The van der Waals surface area contributed by atoms with Crippen molar-refractivity contribution in [3.8, 4) is 0 Å². The van der Waals surface area contributed by atoms with Crippen LogP contribution in [0.5, 0.6) is 0 Å². The molecule has 0 aliphatic carbocycles. The average Bonchev–Trinajstić information content (AvgIpc) is 2.70. The van der Waals surface area contributed by atoms with E-state index in [0.29, 0.717) is 6.54 Å². The molecule has 1 fully saturated rings. The van der Waals surface area contributed by atoms with Gasteiger partial charge < -0.3 is 15.0 Å². The van der Waals surface area contributed by atoms with Crippen LogP contribution in [-0.2, 0) is 11.2 Å². The molecule has 1 unspecified atom stereocenters. The van der Waals surface area contributed by atoms with Crippen molar-refractivity contribution in [3.63, 3.8) is 0 Å². The summed E-state index contributed by atoms with van der Waals surface area (Å²) in [7, 11) is 0. The number of carbonyl (C=O) groups excluding carboxylic acids is 1. The standard InChI is InChI=1S/C16H22N2O2.ClH/c1-12-11-18(9-4-10-20-12)16(19)14-5-2-7-15-13(14)6-3-8-17-15;/h2,5,7,12,17H,3-4,6,8-11H2,1H3;1H. The van der Waals surface area contributed by atoms with Crippen LogP contribution in [0.1, 0.15) is 35.7 Å². The van der Waals surface area contributed by atoms with Gasteiger partial charge in [-0.2, -0.15) is 0 Å². The quantitative estimate of drug-likeness (QED) is 0.867. The number of halogens is 1. The highest BCUT2D eigenvalue weighted by atomic mass is 35.5. The Labute approximate surface area is 132 Å². The number of hydrogen-bond donors (Lipinski definition) is 1. The van der Waals surface area contributed by atoms with E-state index in [9.17, 15) is 4.79 Å². The van der Waals surface area contributed by atoms with Gasteiger partial charge in [-0.15, -0.1) is 12.4 Å². The largest absolute Gasteiger partial charge is 0.385 e. The Morgan fingerprint density at radius 1 is 1.38 bits per heavy atom. The van der Waals surface area contributed by atoms with Crippen molar-refractivity contribution in [1.82, 2.24) is 4.90 Å². The van der Waals surface area contributed by atoms with Gasteiger partial charge in [-0.25, -0.2) is 0 Å². The fraction of sp³-hybridized carbons (Fsp3) is 0.562. The van der Waals surface area contributed by atoms with Crippen LogP contribution < -0.4 is 5.32 Å².